The Labute approximate surface area is 165 Å². The zero-order valence-electron chi connectivity index (χ0n) is 16.4. The van der Waals surface area contributed by atoms with Gasteiger partial charge in [0.2, 0.25) is 11.8 Å². The van der Waals surface area contributed by atoms with Crippen molar-refractivity contribution in [2.24, 2.45) is 0 Å². The number of H-pyrrole nitrogens is 1. The molecular weight excluding hydrogens is 350 g/mol. The van der Waals surface area contributed by atoms with E-state index in [4.69, 9.17) is 0 Å². The Balaban J connectivity index is 1.49. The van der Waals surface area contributed by atoms with Crippen molar-refractivity contribution in [3.8, 4) is 0 Å². The fourth-order valence-corrected chi connectivity index (χ4v) is 3.52. The van der Waals surface area contributed by atoms with E-state index < -0.39 is 0 Å². The lowest BCUT2D eigenvalue weighted by Crippen LogP contribution is -2.36. The highest BCUT2D eigenvalue weighted by molar-refractivity contribution is 5.83. The van der Waals surface area contributed by atoms with Crippen molar-refractivity contribution in [1.82, 2.24) is 15.2 Å². The van der Waals surface area contributed by atoms with Crippen LogP contribution in [0.1, 0.15) is 37.4 Å². The first kappa shape index (κ1) is 19.7. The number of aromatic nitrogens is 1. The van der Waals surface area contributed by atoms with Crippen LogP contribution in [0.4, 0.5) is 0 Å². The van der Waals surface area contributed by atoms with Crippen molar-refractivity contribution in [1.29, 1.82) is 0 Å². The molecule has 0 saturated carbocycles. The molecule has 28 heavy (non-hydrogen) atoms. The smallest absolute Gasteiger partial charge is 0.221 e. The molecule has 3 aromatic rings. The Morgan fingerprint density at radius 2 is 1.79 bits per heavy atom. The number of carbonyl (C=O) groups is 2. The fourth-order valence-electron chi connectivity index (χ4n) is 3.52. The standard InChI is InChI=1S/C23H27N3O2/c1-17(19-8-4-3-5-9-19)26(18(2)27)15-13-23(28)24-14-12-20-16-25-22-11-7-6-10-21(20)22/h3-11,16-17,25H,12-15H2,1-2H3,(H,24,28). The lowest BCUT2D eigenvalue weighted by atomic mass is 10.1. The van der Waals surface area contributed by atoms with Gasteiger partial charge < -0.3 is 15.2 Å². The summed E-state index contributed by atoms with van der Waals surface area (Å²) >= 11 is 0. The fraction of sp³-hybridized carbons (Fsp3) is 0.304. The molecule has 2 aromatic carbocycles. The van der Waals surface area contributed by atoms with E-state index in [0.717, 1.165) is 17.5 Å². The minimum absolute atomic E-state index is 0.0251. The number of nitrogens with one attached hydrogen (secondary N) is 2. The number of carbonyl (C=O) groups excluding carboxylic acids is 2. The first-order valence-corrected chi connectivity index (χ1v) is 9.70. The quantitative estimate of drug-likeness (QED) is 0.627. The molecule has 0 aliphatic carbocycles. The van der Waals surface area contributed by atoms with E-state index in [0.29, 0.717) is 19.5 Å². The van der Waals surface area contributed by atoms with Crippen LogP contribution in [-0.4, -0.2) is 34.8 Å². The van der Waals surface area contributed by atoms with E-state index in [2.05, 4.69) is 16.4 Å². The van der Waals surface area contributed by atoms with E-state index in [-0.39, 0.29) is 17.9 Å². The lowest BCUT2D eigenvalue weighted by molar-refractivity contribution is -0.131. The molecule has 0 radical (unpaired) electrons. The SMILES string of the molecule is CC(=O)N(CCC(=O)NCCc1c[nH]c2ccccc12)C(C)c1ccccc1. The summed E-state index contributed by atoms with van der Waals surface area (Å²) in [5.74, 6) is -0.0608. The van der Waals surface area contributed by atoms with E-state index >= 15 is 0 Å². The summed E-state index contributed by atoms with van der Waals surface area (Å²) in [6.07, 6.45) is 3.06. The van der Waals surface area contributed by atoms with Crippen molar-refractivity contribution < 1.29 is 9.59 Å². The van der Waals surface area contributed by atoms with E-state index in [9.17, 15) is 9.59 Å². The second-order valence-electron chi connectivity index (χ2n) is 7.01. The Kier molecular flexibility index (Phi) is 6.48. The molecule has 1 unspecified atom stereocenters. The molecule has 1 heterocycles. The maximum atomic E-state index is 12.3. The molecule has 2 N–H and O–H groups in total. The molecule has 0 aliphatic rings. The van der Waals surface area contributed by atoms with Gasteiger partial charge in [0.1, 0.15) is 0 Å². The predicted octanol–water partition coefficient (Wildman–Crippen LogP) is 3.83. The maximum absolute atomic E-state index is 12.3. The lowest BCUT2D eigenvalue weighted by Gasteiger charge is -2.28. The zero-order valence-corrected chi connectivity index (χ0v) is 16.4. The highest BCUT2D eigenvalue weighted by Gasteiger charge is 2.19. The Morgan fingerprint density at radius 1 is 1.07 bits per heavy atom. The van der Waals surface area contributed by atoms with Gasteiger partial charge in [-0.15, -0.1) is 0 Å². The Morgan fingerprint density at radius 3 is 2.54 bits per heavy atom. The van der Waals surface area contributed by atoms with Crippen LogP contribution < -0.4 is 5.32 Å². The third-order valence-electron chi connectivity index (χ3n) is 5.13. The molecule has 5 nitrogen and oxygen atoms in total. The number of benzene rings is 2. The molecule has 0 bridgehead atoms. The highest BCUT2D eigenvalue weighted by atomic mass is 16.2. The van der Waals surface area contributed by atoms with Crippen molar-refractivity contribution in [2.75, 3.05) is 13.1 Å². The molecule has 1 atom stereocenters. The van der Waals surface area contributed by atoms with Crippen LogP contribution in [0, 0.1) is 0 Å². The van der Waals surface area contributed by atoms with Gasteiger partial charge in [-0.3, -0.25) is 9.59 Å². The summed E-state index contributed by atoms with van der Waals surface area (Å²) in [4.78, 5) is 29.3. The summed E-state index contributed by atoms with van der Waals surface area (Å²) in [6.45, 7) is 4.53. The number of amides is 2. The summed E-state index contributed by atoms with van der Waals surface area (Å²) < 4.78 is 0. The normalized spacial score (nSPS) is 11.9. The van der Waals surface area contributed by atoms with Gasteiger partial charge >= 0.3 is 0 Å². The summed E-state index contributed by atoms with van der Waals surface area (Å²) in [5, 5.41) is 4.16. The Hall–Kier alpha value is -3.08. The molecule has 3 rings (SSSR count). The second kappa shape index (κ2) is 9.22. The van der Waals surface area contributed by atoms with Crippen LogP contribution in [0.2, 0.25) is 0 Å². The summed E-state index contributed by atoms with van der Waals surface area (Å²) in [6, 6.07) is 18.0. The van der Waals surface area contributed by atoms with Crippen LogP contribution >= 0.6 is 0 Å². The number of rotatable bonds is 8. The van der Waals surface area contributed by atoms with Crippen molar-refractivity contribution in [3.63, 3.8) is 0 Å². The van der Waals surface area contributed by atoms with Crippen LogP contribution in [0.5, 0.6) is 0 Å². The third-order valence-corrected chi connectivity index (χ3v) is 5.13. The minimum Gasteiger partial charge on any atom is -0.361 e. The molecule has 0 fully saturated rings. The van der Waals surface area contributed by atoms with Gasteiger partial charge in [-0.1, -0.05) is 48.5 Å². The average Bonchev–Trinajstić information content (AvgIpc) is 3.11. The van der Waals surface area contributed by atoms with Gasteiger partial charge in [-0.25, -0.2) is 0 Å². The topological polar surface area (TPSA) is 65.2 Å². The third kappa shape index (κ3) is 4.80. The van der Waals surface area contributed by atoms with Crippen molar-refractivity contribution >= 4 is 22.7 Å². The molecule has 5 heteroatoms. The van der Waals surface area contributed by atoms with Gasteiger partial charge in [0.15, 0.2) is 0 Å². The first-order chi connectivity index (χ1) is 13.6. The van der Waals surface area contributed by atoms with Crippen molar-refractivity contribution in [2.45, 2.75) is 32.7 Å². The number of nitrogens with zero attached hydrogens (tertiary/aromatic N) is 1. The number of hydrogen-bond donors (Lipinski definition) is 2. The Bertz CT molecular complexity index is 933. The molecule has 146 valence electrons. The monoisotopic (exact) mass is 377 g/mol. The highest BCUT2D eigenvalue weighted by Crippen LogP contribution is 2.20. The number of aromatic amines is 1. The molecule has 1 aromatic heterocycles. The number of hydrogen-bond acceptors (Lipinski definition) is 2. The molecule has 0 saturated heterocycles. The molecule has 0 spiro atoms. The second-order valence-corrected chi connectivity index (χ2v) is 7.01. The van der Waals surface area contributed by atoms with E-state index in [1.54, 1.807) is 11.8 Å². The van der Waals surface area contributed by atoms with Crippen LogP contribution in [0.25, 0.3) is 10.9 Å². The van der Waals surface area contributed by atoms with Gasteiger partial charge in [0.25, 0.3) is 0 Å². The van der Waals surface area contributed by atoms with E-state index in [1.165, 1.54) is 10.9 Å². The van der Waals surface area contributed by atoms with Crippen LogP contribution in [0.3, 0.4) is 0 Å². The largest absolute Gasteiger partial charge is 0.361 e. The molecular formula is C23H27N3O2. The van der Waals surface area contributed by atoms with Crippen LogP contribution in [0.15, 0.2) is 60.8 Å². The van der Waals surface area contributed by atoms with Gasteiger partial charge in [-0.2, -0.15) is 0 Å². The van der Waals surface area contributed by atoms with Gasteiger partial charge in [-0.05, 0) is 30.5 Å². The average molecular weight is 377 g/mol. The van der Waals surface area contributed by atoms with Gasteiger partial charge in [0, 0.05) is 43.5 Å². The predicted molar refractivity (Wildman–Crippen MR) is 112 cm³/mol. The van der Waals surface area contributed by atoms with Gasteiger partial charge in [0.05, 0.1) is 6.04 Å². The first-order valence-electron chi connectivity index (χ1n) is 9.70. The van der Waals surface area contributed by atoms with Crippen LogP contribution in [-0.2, 0) is 16.0 Å². The summed E-state index contributed by atoms with van der Waals surface area (Å²) in [7, 11) is 0. The molecule has 0 aliphatic heterocycles. The zero-order chi connectivity index (χ0) is 19.9. The molecule has 2 amide bonds. The maximum Gasteiger partial charge on any atom is 0.221 e. The van der Waals surface area contributed by atoms with E-state index in [1.807, 2.05) is 61.7 Å². The number of para-hydroxylation sites is 1. The van der Waals surface area contributed by atoms with Crippen molar-refractivity contribution in [3.05, 3.63) is 71.9 Å². The minimum atomic E-state index is -0.0577. The number of fused-ring (bicyclic) bond motifs is 1. The summed E-state index contributed by atoms with van der Waals surface area (Å²) in [5.41, 5.74) is 3.37.